The lowest BCUT2D eigenvalue weighted by atomic mass is 10.00. The van der Waals surface area contributed by atoms with Crippen LogP contribution in [0.2, 0.25) is 0 Å². The minimum absolute atomic E-state index is 0.218. The van der Waals surface area contributed by atoms with Gasteiger partial charge in [-0.1, -0.05) is 0 Å². The van der Waals surface area contributed by atoms with Crippen molar-refractivity contribution in [1.82, 2.24) is 20.4 Å². The van der Waals surface area contributed by atoms with Crippen LogP contribution >= 0.6 is 0 Å². The van der Waals surface area contributed by atoms with E-state index in [1.165, 1.54) is 4.90 Å². The Labute approximate surface area is 111 Å². The molecule has 19 heavy (non-hydrogen) atoms. The van der Waals surface area contributed by atoms with Crippen LogP contribution in [0.1, 0.15) is 38.3 Å². The van der Waals surface area contributed by atoms with Crippen LogP contribution in [-0.4, -0.2) is 44.3 Å². The summed E-state index contributed by atoms with van der Waals surface area (Å²) in [5.41, 5.74) is -0.259. The Hall–Kier alpha value is -2.05. The highest BCUT2D eigenvalue weighted by atomic mass is 16.4. The maximum atomic E-state index is 12.2. The Kier molecular flexibility index (Phi) is 3.46. The Morgan fingerprint density at radius 1 is 1.63 bits per heavy atom. The second kappa shape index (κ2) is 4.91. The number of hydrogen-bond acceptors (Lipinski definition) is 3. The van der Waals surface area contributed by atoms with Crippen LogP contribution < -0.4 is 5.32 Å². The first-order valence-corrected chi connectivity index (χ1v) is 6.25. The van der Waals surface area contributed by atoms with Crippen molar-refractivity contribution in [3.05, 3.63) is 18.0 Å². The summed E-state index contributed by atoms with van der Waals surface area (Å²) in [7, 11) is 0. The third-order valence-electron chi connectivity index (χ3n) is 3.71. The summed E-state index contributed by atoms with van der Waals surface area (Å²) < 4.78 is 0. The van der Waals surface area contributed by atoms with Crippen LogP contribution in [0.4, 0.5) is 4.79 Å². The molecule has 0 aromatic carbocycles. The SMILES string of the molecule is CC(NC(=O)N1CCCC1(C)C(=O)O)c1cn[nH]c1. The summed E-state index contributed by atoms with van der Waals surface area (Å²) in [4.78, 5) is 24.9. The molecule has 2 amide bonds. The number of aromatic amines is 1. The molecule has 1 aliphatic rings. The molecule has 2 atom stereocenters. The van der Waals surface area contributed by atoms with E-state index >= 15 is 0 Å². The smallest absolute Gasteiger partial charge is 0.329 e. The van der Waals surface area contributed by atoms with Crippen molar-refractivity contribution in [2.24, 2.45) is 0 Å². The van der Waals surface area contributed by atoms with Crippen LogP contribution in [0, 0.1) is 0 Å². The third-order valence-corrected chi connectivity index (χ3v) is 3.71. The number of carboxylic acids is 1. The van der Waals surface area contributed by atoms with Crippen LogP contribution in [0.25, 0.3) is 0 Å². The summed E-state index contributed by atoms with van der Waals surface area (Å²) in [6.45, 7) is 3.88. The summed E-state index contributed by atoms with van der Waals surface area (Å²) >= 11 is 0. The van der Waals surface area contributed by atoms with E-state index in [-0.39, 0.29) is 12.1 Å². The van der Waals surface area contributed by atoms with Gasteiger partial charge in [-0.05, 0) is 26.7 Å². The molecule has 0 aliphatic carbocycles. The van der Waals surface area contributed by atoms with E-state index in [2.05, 4.69) is 15.5 Å². The lowest BCUT2D eigenvalue weighted by Crippen LogP contribution is -2.54. The van der Waals surface area contributed by atoms with Gasteiger partial charge in [-0.15, -0.1) is 0 Å². The van der Waals surface area contributed by atoms with Gasteiger partial charge in [0.25, 0.3) is 0 Å². The van der Waals surface area contributed by atoms with Crippen LogP contribution in [0.5, 0.6) is 0 Å². The Bertz CT molecular complexity index is 473. The number of carbonyl (C=O) groups excluding carboxylic acids is 1. The fourth-order valence-corrected chi connectivity index (χ4v) is 2.36. The van der Waals surface area contributed by atoms with E-state index in [0.717, 1.165) is 5.56 Å². The summed E-state index contributed by atoms with van der Waals surface area (Å²) in [6.07, 6.45) is 4.52. The highest BCUT2D eigenvalue weighted by molar-refractivity contribution is 5.86. The maximum Gasteiger partial charge on any atom is 0.329 e. The number of carboxylic acid groups (broad SMARTS) is 1. The minimum Gasteiger partial charge on any atom is -0.480 e. The van der Waals surface area contributed by atoms with E-state index in [0.29, 0.717) is 19.4 Å². The zero-order valence-corrected chi connectivity index (χ0v) is 11.0. The van der Waals surface area contributed by atoms with E-state index in [1.54, 1.807) is 19.3 Å². The molecule has 1 aromatic heterocycles. The molecule has 7 heteroatoms. The van der Waals surface area contributed by atoms with Gasteiger partial charge in [0.05, 0.1) is 12.2 Å². The number of rotatable bonds is 3. The van der Waals surface area contributed by atoms with E-state index < -0.39 is 11.5 Å². The van der Waals surface area contributed by atoms with Crippen LogP contribution in [0.15, 0.2) is 12.4 Å². The minimum atomic E-state index is -1.11. The second-order valence-electron chi connectivity index (χ2n) is 5.04. The normalized spacial score (nSPS) is 24.2. The molecule has 0 saturated carbocycles. The number of hydrogen-bond donors (Lipinski definition) is 3. The van der Waals surface area contributed by atoms with Gasteiger partial charge in [-0.25, -0.2) is 9.59 Å². The van der Waals surface area contributed by atoms with Crippen molar-refractivity contribution in [2.75, 3.05) is 6.54 Å². The number of aromatic nitrogens is 2. The Morgan fingerprint density at radius 2 is 2.37 bits per heavy atom. The predicted molar refractivity (Wildman–Crippen MR) is 67.5 cm³/mol. The number of amides is 2. The van der Waals surface area contributed by atoms with Gasteiger partial charge in [0.2, 0.25) is 0 Å². The largest absolute Gasteiger partial charge is 0.480 e. The van der Waals surface area contributed by atoms with Gasteiger partial charge in [0.1, 0.15) is 5.54 Å². The highest BCUT2D eigenvalue weighted by Crippen LogP contribution is 2.29. The third kappa shape index (κ3) is 2.40. The molecule has 2 unspecified atom stereocenters. The lowest BCUT2D eigenvalue weighted by molar-refractivity contribution is -0.147. The molecule has 0 spiro atoms. The number of likely N-dealkylation sites (tertiary alicyclic amines) is 1. The second-order valence-corrected chi connectivity index (χ2v) is 5.04. The summed E-state index contributed by atoms with van der Waals surface area (Å²) in [6, 6.07) is -0.569. The fourth-order valence-electron chi connectivity index (χ4n) is 2.36. The average Bonchev–Trinajstić information content (AvgIpc) is 2.97. The van der Waals surface area contributed by atoms with Crippen LogP contribution in [0.3, 0.4) is 0 Å². The molecule has 0 radical (unpaired) electrons. The van der Waals surface area contributed by atoms with Gasteiger partial charge < -0.3 is 15.3 Å². The van der Waals surface area contributed by atoms with Crippen LogP contribution in [-0.2, 0) is 4.79 Å². The molecule has 2 heterocycles. The number of carbonyl (C=O) groups is 2. The van der Waals surface area contributed by atoms with Gasteiger partial charge in [-0.2, -0.15) is 5.10 Å². The lowest BCUT2D eigenvalue weighted by Gasteiger charge is -2.32. The maximum absolute atomic E-state index is 12.2. The first-order chi connectivity index (χ1) is 8.95. The molecule has 1 fully saturated rings. The first kappa shape index (κ1) is 13.4. The molecule has 1 aromatic rings. The van der Waals surface area contributed by atoms with Gasteiger partial charge in [0.15, 0.2) is 0 Å². The van der Waals surface area contributed by atoms with E-state index in [4.69, 9.17) is 0 Å². The quantitative estimate of drug-likeness (QED) is 0.763. The van der Waals surface area contributed by atoms with Crippen molar-refractivity contribution >= 4 is 12.0 Å². The van der Waals surface area contributed by atoms with Crippen molar-refractivity contribution < 1.29 is 14.7 Å². The van der Waals surface area contributed by atoms with Crippen molar-refractivity contribution in [3.8, 4) is 0 Å². The van der Waals surface area contributed by atoms with Gasteiger partial charge in [0, 0.05) is 18.3 Å². The van der Waals surface area contributed by atoms with E-state index in [9.17, 15) is 14.7 Å². The molecule has 104 valence electrons. The molecular weight excluding hydrogens is 248 g/mol. The van der Waals surface area contributed by atoms with Crippen molar-refractivity contribution in [2.45, 2.75) is 38.3 Å². The molecule has 1 aliphatic heterocycles. The van der Waals surface area contributed by atoms with Crippen molar-refractivity contribution in [1.29, 1.82) is 0 Å². The monoisotopic (exact) mass is 266 g/mol. The summed E-state index contributed by atoms with van der Waals surface area (Å²) in [5.74, 6) is -0.962. The number of H-pyrrole nitrogens is 1. The molecular formula is C12H18N4O3. The highest BCUT2D eigenvalue weighted by Gasteiger charge is 2.46. The van der Waals surface area contributed by atoms with Gasteiger partial charge >= 0.3 is 12.0 Å². The fraction of sp³-hybridized carbons (Fsp3) is 0.583. The summed E-state index contributed by atoms with van der Waals surface area (Å²) in [5, 5.41) is 18.6. The molecule has 0 bridgehead atoms. The molecule has 3 N–H and O–H groups in total. The first-order valence-electron chi connectivity index (χ1n) is 6.25. The Morgan fingerprint density at radius 3 is 2.95 bits per heavy atom. The topological polar surface area (TPSA) is 98.3 Å². The predicted octanol–water partition coefficient (Wildman–Crippen LogP) is 1.12. The number of nitrogens with one attached hydrogen (secondary N) is 2. The van der Waals surface area contributed by atoms with E-state index in [1.807, 2.05) is 6.92 Å². The van der Waals surface area contributed by atoms with Crippen molar-refractivity contribution in [3.63, 3.8) is 0 Å². The standard InChI is InChI=1S/C12H18N4O3/c1-8(9-6-13-14-7-9)15-11(19)16-5-3-4-12(16,2)10(17)18/h6-8H,3-5H2,1-2H3,(H,13,14)(H,15,19)(H,17,18). The molecule has 2 rings (SSSR count). The molecule has 1 saturated heterocycles. The zero-order valence-electron chi connectivity index (χ0n) is 11.0. The molecule has 7 nitrogen and oxygen atoms in total. The average molecular weight is 266 g/mol. The number of urea groups is 1. The number of aliphatic carboxylic acids is 1. The number of nitrogens with zero attached hydrogens (tertiary/aromatic N) is 2. The zero-order chi connectivity index (χ0) is 14.0. The van der Waals surface area contributed by atoms with Gasteiger partial charge in [-0.3, -0.25) is 5.10 Å². The Balaban J connectivity index is 2.06.